The molecule has 142 valence electrons. The van der Waals surface area contributed by atoms with Crippen LogP contribution in [0.4, 0.5) is 0 Å². The molecule has 0 atom stereocenters. The molecule has 0 unspecified atom stereocenters. The lowest BCUT2D eigenvalue weighted by Gasteiger charge is -2.11. The highest BCUT2D eigenvalue weighted by Crippen LogP contribution is 2.30. The molecule has 0 radical (unpaired) electrons. The Morgan fingerprint density at radius 1 is 1.11 bits per heavy atom. The first-order valence-electron chi connectivity index (χ1n) is 8.86. The van der Waals surface area contributed by atoms with E-state index in [1.54, 1.807) is 0 Å². The number of thioether (sulfide) groups is 1. The molecule has 2 heterocycles. The smallest absolute Gasteiger partial charge is 0.226 e. The van der Waals surface area contributed by atoms with Gasteiger partial charge in [-0.3, -0.25) is 4.57 Å². The van der Waals surface area contributed by atoms with E-state index in [2.05, 4.69) is 39.4 Å². The topological polar surface area (TPSA) is 69.6 Å². The van der Waals surface area contributed by atoms with Crippen molar-refractivity contribution >= 4 is 23.4 Å². The van der Waals surface area contributed by atoms with E-state index >= 15 is 0 Å². The maximum absolute atomic E-state index is 6.04. The molecule has 0 bridgehead atoms. The zero-order valence-electron chi connectivity index (χ0n) is 15.5. The minimum Gasteiger partial charge on any atom is -0.339 e. The summed E-state index contributed by atoms with van der Waals surface area (Å²) in [5.74, 6) is 2.59. The van der Waals surface area contributed by atoms with Crippen LogP contribution in [0.15, 0.2) is 58.2 Å². The Bertz CT molecular complexity index is 1090. The van der Waals surface area contributed by atoms with Crippen LogP contribution in [-0.2, 0) is 12.2 Å². The second kappa shape index (κ2) is 8.16. The molecule has 0 aliphatic rings. The molecule has 0 saturated carbocycles. The van der Waals surface area contributed by atoms with Crippen molar-refractivity contribution in [3.63, 3.8) is 0 Å². The first-order valence-corrected chi connectivity index (χ1v) is 10.2. The Morgan fingerprint density at radius 3 is 2.64 bits per heavy atom. The molecular formula is C20H18ClN5OS. The molecule has 0 spiro atoms. The Balaban J connectivity index is 1.72. The molecule has 2 aromatic heterocycles. The molecule has 0 amide bonds. The minimum atomic E-state index is 0.550. The number of aromatic nitrogens is 5. The van der Waals surface area contributed by atoms with Crippen molar-refractivity contribution in [2.75, 3.05) is 0 Å². The molecule has 0 aliphatic carbocycles. The van der Waals surface area contributed by atoms with E-state index in [1.165, 1.54) is 11.8 Å². The van der Waals surface area contributed by atoms with E-state index in [1.807, 2.05) is 47.9 Å². The SMILES string of the molecule is CCc1nc(CSc2nnc(-c3ccc(Cl)cc3)n2-c2cccc(C)c2)no1. The Hall–Kier alpha value is -2.64. The number of aryl methyl sites for hydroxylation is 2. The van der Waals surface area contributed by atoms with Crippen molar-refractivity contribution in [3.05, 3.63) is 70.8 Å². The zero-order chi connectivity index (χ0) is 19.5. The molecule has 8 heteroatoms. The van der Waals surface area contributed by atoms with E-state index in [0.29, 0.717) is 22.5 Å². The first kappa shape index (κ1) is 18.7. The second-order valence-corrected chi connectivity index (χ2v) is 7.61. The molecule has 0 saturated heterocycles. The van der Waals surface area contributed by atoms with E-state index in [-0.39, 0.29) is 0 Å². The van der Waals surface area contributed by atoms with Gasteiger partial charge < -0.3 is 4.52 Å². The van der Waals surface area contributed by atoms with Gasteiger partial charge in [0, 0.05) is 22.7 Å². The molecule has 6 nitrogen and oxygen atoms in total. The van der Waals surface area contributed by atoms with Crippen molar-refractivity contribution in [1.82, 2.24) is 24.9 Å². The fraction of sp³-hybridized carbons (Fsp3) is 0.200. The van der Waals surface area contributed by atoms with Gasteiger partial charge in [-0.25, -0.2) is 0 Å². The summed E-state index contributed by atoms with van der Waals surface area (Å²) >= 11 is 7.57. The highest BCUT2D eigenvalue weighted by Gasteiger charge is 2.17. The maximum Gasteiger partial charge on any atom is 0.226 e. The molecular weight excluding hydrogens is 394 g/mol. The largest absolute Gasteiger partial charge is 0.339 e. The van der Waals surface area contributed by atoms with Gasteiger partial charge in [-0.2, -0.15) is 4.98 Å². The van der Waals surface area contributed by atoms with E-state index < -0.39 is 0 Å². The zero-order valence-corrected chi connectivity index (χ0v) is 17.0. The molecule has 0 N–H and O–H groups in total. The van der Waals surface area contributed by atoms with Gasteiger partial charge in [-0.1, -0.05) is 47.6 Å². The van der Waals surface area contributed by atoms with Gasteiger partial charge in [-0.05, 0) is 48.9 Å². The van der Waals surface area contributed by atoms with E-state index in [0.717, 1.165) is 34.2 Å². The predicted molar refractivity (Wildman–Crippen MR) is 110 cm³/mol. The molecule has 2 aromatic carbocycles. The predicted octanol–water partition coefficient (Wildman–Crippen LogP) is 5.13. The summed E-state index contributed by atoms with van der Waals surface area (Å²) in [6, 6.07) is 15.8. The molecule has 4 rings (SSSR count). The van der Waals surface area contributed by atoms with Crippen LogP contribution in [-0.4, -0.2) is 24.9 Å². The third-order valence-electron chi connectivity index (χ3n) is 4.14. The van der Waals surface area contributed by atoms with Gasteiger partial charge in [0.2, 0.25) is 5.89 Å². The van der Waals surface area contributed by atoms with E-state index in [4.69, 9.17) is 16.1 Å². The molecule has 28 heavy (non-hydrogen) atoms. The van der Waals surface area contributed by atoms with Gasteiger partial charge in [0.1, 0.15) is 0 Å². The second-order valence-electron chi connectivity index (χ2n) is 6.23. The van der Waals surface area contributed by atoms with Crippen LogP contribution >= 0.6 is 23.4 Å². The van der Waals surface area contributed by atoms with Crippen LogP contribution in [0.1, 0.15) is 24.2 Å². The molecule has 0 aliphatic heterocycles. The number of hydrogen-bond donors (Lipinski definition) is 0. The van der Waals surface area contributed by atoms with Gasteiger partial charge in [-0.15, -0.1) is 10.2 Å². The summed E-state index contributed by atoms with van der Waals surface area (Å²) in [5, 5.41) is 14.3. The molecule has 4 aromatic rings. The lowest BCUT2D eigenvalue weighted by atomic mass is 10.2. The average Bonchev–Trinajstić information content (AvgIpc) is 3.33. The highest BCUT2D eigenvalue weighted by atomic mass is 35.5. The number of benzene rings is 2. The molecule has 0 fully saturated rings. The summed E-state index contributed by atoms with van der Waals surface area (Å²) in [4.78, 5) is 4.36. The quantitative estimate of drug-likeness (QED) is 0.409. The van der Waals surface area contributed by atoms with Crippen molar-refractivity contribution in [2.45, 2.75) is 31.2 Å². The van der Waals surface area contributed by atoms with Crippen LogP contribution < -0.4 is 0 Å². The average molecular weight is 412 g/mol. The van der Waals surface area contributed by atoms with Crippen molar-refractivity contribution in [3.8, 4) is 17.1 Å². The Kier molecular flexibility index (Phi) is 5.45. The lowest BCUT2D eigenvalue weighted by Crippen LogP contribution is -2.00. The Morgan fingerprint density at radius 2 is 1.93 bits per heavy atom. The van der Waals surface area contributed by atoms with Crippen molar-refractivity contribution < 1.29 is 4.52 Å². The summed E-state index contributed by atoms with van der Waals surface area (Å²) in [6.07, 6.45) is 0.720. The minimum absolute atomic E-state index is 0.550. The number of nitrogens with zero attached hydrogens (tertiary/aromatic N) is 5. The van der Waals surface area contributed by atoms with Crippen LogP contribution in [0, 0.1) is 6.92 Å². The first-order chi connectivity index (χ1) is 13.6. The fourth-order valence-electron chi connectivity index (χ4n) is 2.77. The van der Waals surface area contributed by atoms with E-state index in [9.17, 15) is 0 Å². The van der Waals surface area contributed by atoms with Crippen molar-refractivity contribution in [1.29, 1.82) is 0 Å². The van der Waals surface area contributed by atoms with Crippen LogP contribution in [0.5, 0.6) is 0 Å². The van der Waals surface area contributed by atoms with Crippen LogP contribution in [0.3, 0.4) is 0 Å². The van der Waals surface area contributed by atoms with Gasteiger partial charge in [0.25, 0.3) is 0 Å². The van der Waals surface area contributed by atoms with Crippen LogP contribution in [0.25, 0.3) is 17.1 Å². The summed E-state index contributed by atoms with van der Waals surface area (Å²) in [7, 11) is 0. The Labute approximate surface area is 172 Å². The lowest BCUT2D eigenvalue weighted by molar-refractivity contribution is 0.378. The highest BCUT2D eigenvalue weighted by molar-refractivity contribution is 7.98. The van der Waals surface area contributed by atoms with Gasteiger partial charge in [0.05, 0.1) is 5.75 Å². The van der Waals surface area contributed by atoms with Crippen molar-refractivity contribution in [2.24, 2.45) is 0 Å². The van der Waals surface area contributed by atoms with Gasteiger partial charge >= 0.3 is 0 Å². The maximum atomic E-state index is 6.04. The van der Waals surface area contributed by atoms with Gasteiger partial charge in [0.15, 0.2) is 16.8 Å². The number of halogens is 1. The fourth-order valence-corrected chi connectivity index (χ4v) is 3.69. The number of hydrogen-bond acceptors (Lipinski definition) is 6. The third-order valence-corrected chi connectivity index (χ3v) is 5.32. The van der Waals surface area contributed by atoms with Crippen LogP contribution in [0.2, 0.25) is 5.02 Å². The summed E-state index contributed by atoms with van der Waals surface area (Å²) in [6.45, 7) is 4.05. The summed E-state index contributed by atoms with van der Waals surface area (Å²) in [5.41, 5.74) is 3.10. The monoisotopic (exact) mass is 411 g/mol. The standard InChI is InChI=1S/C20H18ClN5OS/c1-3-18-22-17(25-27-18)12-28-20-24-23-19(14-7-9-15(21)10-8-14)26(20)16-6-4-5-13(2)11-16/h4-11H,3,12H2,1-2H3. The number of rotatable bonds is 6. The normalized spacial score (nSPS) is 11.1. The summed E-state index contributed by atoms with van der Waals surface area (Å²) < 4.78 is 7.23. The third kappa shape index (κ3) is 3.95.